The molecule has 0 heterocycles. The molecule has 0 saturated carbocycles. The molecule has 0 spiro atoms. The van der Waals surface area contributed by atoms with Gasteiger partial charge in [0.15, 0.2) is 5.11 Å². The molecule has 0 unspecified atom stereocenters. The van der Waals surface area contributed by atoms with Gasteiger partial charge < -0.3 is 15.4 Å². The van der Waals surface area contributed by atoms with Gasteiger partial charge in [-0.15, -0.1) is 0 Å². The number of hydrogen-bond donors (Lipinski definition) is 2. The molecule has 0 aliphatic carbocycles. The first-order valence-electron chi connectivity index (χ1n) is 5.97. The van der Waals surface area contributed by atoms with Crippen molar-refractivity contribution in [2.24, 2.45) is 0 Å². The summed E-state index contributed by atoms with van der Waals surface area (Å²) < 4.78 is 5.11. The molecule has 98 valence electrons. The minimum Gasteiger partial charge on any atom is -0.497 e. The maximum absolute atomic E-state index is 5.29. The lowest BCUT2D eigenvalue weighted by Gasteiger charge is -2.12. The third-order valence-electron chi connectivity index (χ3n) is 2.74. The Kier molecular flexibility index (Phi) is 4.36. The monoisotopic (exact) mass is 272 g/mol. The Labute approximate surface area is 118 Å². The van der Waals surface area contributed by atoms with E-state index < -0.39 is 0 Å². The number of hydrogen-bond acceptors (Lipinski definition) is 2. The van der Waals surface area contributed by atoms with E-state index in [0.29, 0.717) is 5.11 Å². The molecule has 0 atom stereocenters. The number of rotatable bonds is 3. The van der Waals surface area contributed by atoms with Crippen LogP contribution in [0.2, 0.25) is 0 Å². The SMILES string of the molecule is COc1ccc(NC(=S)Nc2ccccc2C)cc1. The lowest BCUT2D eigenvalue weighted by atomic mass is 10.2. The van der Waals surface area contributed by atoms with Crippen LogP contribution in [-0.2, 0) is 0 Å². The fourth-order valence-corrected chi connectivity index (χ4v) is 1.90. The number of aryl methyl sites for hydroxylation is 1. The van der Waals surface area contributed by atoms with E-state index in [9.17, 15) is 0 Å². The van der Waals surface area contributed by atoms with Crippen molar-refractivity contribution in [3.8, 4) is 5.75 Å². The summed E-state index contributed by atoms with van der Waals surface area (Å²) in [5.41, 5.74) is 3.08. The molecule has 0 aliphatic rings. The topological polar surface area (TPSA) is 33.3 Å². The second-order valence-corrected chi connectivity index (χ2v) is 4.53. The number of ether oxygens (including phenoxy) is 1. The van der Waals surface area contributed by atoms with Crippen LogP contribution in [0, 0.1) is 6.92 Å². The van der Waals surface area contributed by atoms with Crippen LogP contribution in [0.5, 0.6) is 5.75 Å². The average molecular weight is 272 g/mol. The molecule has 0 aliphatic heterocycles. The second-order valence-electron chi connectivity index (χ2n) is 4.12. The van der Waals surface area contributed by atoms with Gasteiger partial charge in [-0.1, -0.05) is 18.2 Å². The highest BCUT2D eigenvalue weighted by Gasteiger charge is 2.01. The maximum atomic E-state index is 5.29. The van der Waals surface area contributed by atoms with Crippen LogP contribution in [-0.4, -0.2) is 12.2 Å². The summed E-state index contributed by atoms with van der Waals surface area (Å²) in [5.74, 6) is 0.823. The molecule has 2 rings (SSSR count). The standard InChI is InChI=1S/C15H16N2OS/c1-11-5-3-4-6-14(11)17-15(19)16-12-7-9-13(18-2)10-8-12/h3-10H,1-2H3,(H2,16,17,19). The van der Waals surface area contributed by atoms with Crippen molar-refractivity contribution in [1.82, 2.24) is 0 Å². The Bertz CT molecular complexity index is 567. The van der Waals surface area contributed by atoms with Crippen molar-refractivity contribution < 1.29 is 4.74 Å². The highest BCUT2D eigenvalue weighted by Crippen LogP contribution is 2.17. The van der Waals surface area contributed by atoms with E-state index in [0.717, 1.165) is 22.7 Å². The number of benzene rings is 2. The van der Waals surface area contributed by atoms with Crippen molar-refractivity contribution in [3.63, 3.8) is 0 Å². The fourth-order valence-electron chi connectivity index (χ4n) is 1.67. The molecule has 2 aromatic carbocycles. The van der Waals surface area contributed by atoms with Gasteiger partial charge >= 0.3 is 0 Å². The molecule has 0 fully saturated rings. The Morgan fingerprint density at radius 2 is 1.68 bits per heavy atom. The van der Waals surface area contributed by atoms with Crippen molar-refractivity contribution in [3.05, 3.63) is 54.1 Å². The van der Waals surface area contributed by atoms with E-state index in [1.165, 1.54) is 0 Å². The van der Waals surface area contributed by atoms with E-state index in [4.69, 9.17) is 17.0 Å². The third kappa shape index (κ3) is 3.69. The summed E-state index contributed by atoms with van der Waals surface area (Å²) in [6.07, 6.45) is 0. The number of nitrogens with one attached hydrogen (secondary N) is 2. The summed E-state index contributed by atoms with van der Waals surface area (Å²) in [7, 11) is 1.65. The number of thiocarbonyl (C=S) groups is 1. The van der Waals surface area contributed by atoms with Gasteiger partial charge in [0.25, 0.3) is 0 Å². The molecule has 2 aromatic rings. The van der Waals surface area contributed by atoms with Gasteiger partial charge in [0.1, 0.15) is 5.75 Å². The molecular weight excluding hydrogens is 256 g/mol. The Hall–Kier alpha value is -2.07. The summed E-state index contributed by atoms with van der Waals surface area (Å²) in [4.78, 5) is 0. The van der Waals surface area contributed by atoms with Crippen molar-refractivity contribution in [1.29, 1.82) is 0 Å². The predicted molar refractivity (Wildman–Crippen MR) is 84.0 cm³/mol. The molecule has 19 heavy (non-hydrogen) atoms. The molecule has 0 bridgehead atoms. The third-order valence-corrected chi connectivity index (χ3v) is 2.95. The minimum absolute atomic E-state index is 0.569. The lowest BCUT2D eigenvalue weighted by molar-refractivity contribution is 0.415. The van der Waals surface area contributed by atoms with E-state index in [1.807, 2.05) is 55.5 Å². The summed E-state index contributed by atoms with van der Waals surface area (Å²) in [6, 6.07) is 15.6. The summed E-state index contributed by atoms with van der Waals surface area (Å²) in [5, 5.41) is 6.88. The van der Waals surface area contributed by atoms with Gasteiger partial charge in [0.05, 0.1) is 7.11 Å². The number of anilines is 2. The predicted octanol–water partition coefficient (Wildman–Crippen LogP) is 3.81. The normalized spacial score (nSPS) is 9.79. The molecular formula is C15H16N2OS. The van der Waals surface area contributed by atoms with Crippen LogP contribution >= 0.6 is 12.2 Å². The van der Waals surface area contributed by atoms with Gasteiger partial charge in [-0.25, -0.2) is 0 Å². The van der Waals surface area contributed by atoms with Crippen LogP contribution in [0.15, 0.2) is 48.5 Å². The van der Waals surface area contributed by atoms with Crippen LogP contribution in [0.4, 0.5) is 11.4 Å². The fraction of sp³-hybridized carbons (Fsp3) is 0.133. The molecule has 2 N–H and O–H groups in total. The lowest BCUT2D eigenvalue weighted by Crippen LogP contribution is -2.19. The largest absolute Gasteiger partial charge is 0.497 e. The van der Waals surface area contributed by atoms with E-state index in [1.54, 1.807) is 7.11 Å². The highest BCUT2D eigenvalue weighted by molar-refractivity contribution is 7.80. The highest BCUT2D eigenvalue weighted by atomic mass is 32.1. The van der Waals surface area contributed by atoms with Gasteiger partial charge in [0, 0.05) is 11.4 Å². The molecule has 0 saturated heterocycles. The number of methoxy groups -OCH3 is 1. The zero-order chi connectivity index (χ0) is 13.7. The van der Waals surface area contributed by atoms with E-state index in [2.05, 4.69) is 10.6 Å². The summed E-state index contributed by atoms with van der Waals surface area (Å²) >= 11 is 5.29. The Morgan fingerprint density at radius 3 is 2.32 bits per heavy atom. The van der Waals surface area contributed by atoms with E-state index >= 15 is 0 Å². The van der Waals surface area contributed by atoms with Crippen LogP contribution in [0.3, 0.4) is 0 Å². The molecule has 4 heteroatoms. The van der Waals surface area contributed by atoms with Crippen molar-refractivity contribution >= 4 is 28.7 Å². The van der Waals surface area contributed by atoms with Gasteiger partial charge in [-0.3, -0.25) is 0 Å². The first kappa shape index (κ1) is 13.4. The zero-order valence-corrected chi connectivity index (χ0v) is 11.8. The molecule has 0 aromatic heterocycles. The molecule has 0 radical (unpaired) electrons. The quantitative estimate of drug-likeness (QED) is 0.832. The van der Waals surface area contributed by atoms with Crippen LogP contribution < -0.4 is 15.4 Å². The van der Waals surface area contributed by atoms with Crippen LogP contribution in [0.1, 0.15) is 5.56 Å². The van der Waals surface area contributed by atoms with E-state index in [-0.39, 0.29) is 0 Å². The zero-order valence-electron chi connectivity index (χ0n) is 10.9. The minimum atomic E-state index is 0.569. The first-order valence-corrected chi connectivity index (χ1v) is 6.37. The summed E-state index contributed by atoms with van der Waals surface area (Å²) in [6.45, 7) is 2.04. The van der Waals surface area contributed by atoms with Gasteiger partial charge in [-0.2, -0.15) is 0 Å². The Morgan fingerprint density at radius 1 is 1.00 bits per heavy atom. The first-order chi connectivity index (χ1) is 9.19. The smallest absolute Gasteiger partial charge is 0.175 e. The Balaban J connectivity index is 1.99. The molecule has 0 amide bonds. The van der Waals surface area contributed by atoms with Gasteiger partial charge in [-0.05, 0) is 55.0 Å². The second kappa shape index (κ2) is 6.20. The van der Waals surface area contributed by atoms with Gasteiger partial charge in [0.2, 0.25) is 0 Å². The average Bonchev–Trinajstić information content (AvgIpc) is 2.42. The molecule has 3 nitrogen and oxygen atoms in total. The van der Waals surface area contributed by atoms with Crippen molar-refractivity contribution in [2.45, 2.75) is 6.92 Å². The van der Waals surface area contributed by atoms with Crippen molar-refractivity contribution in [2.75, 3.05) is 17.7 Å². The maximum Gasteiger partial charge on any atom is 0.175 e. The van der Waals surface area contributed by atoms with Crippen LogP contribution in [0.25, 0.3) is 0 Å². The number of para-hydroxylation sites is 1.